The molecule has 0 aromatic heterocycles. The number of hydrogen-bond acceptors (Lipinski definition) is 4. The van der Waals surface area contributed by atoms with Crippen molar-refractivity contribution in [2.75, 3.05) is 0 Å². The minimum absolute atomic E-state index is 0.00888. The van der Waals surface area contributed by atoms with Gasteiger partial charge < -0.3 is 9.84 Å². The van der Waals surface area contributed by atoms with Crippen molar-refractivity contribution in [1.29, 1.82) is 0 Å². The molecule has 4 aromatic rings. The molecule has 2 atom stereocenters. The molecule has 2 aliphatic rings. The van der Waals surface area contributed by atoms with E-state index in [2.05, 4.69) is 61.1 Å². The summed E-state index contributed by atoms with van der Waals surface area (Å²) in [5.41, 5.74) is 3.55. The predicted molar refractivity (Wildman–Crippen MR) is 183 cm³/mol. The standard InChI is InChI=1S/C28H38N2O2.C12H10O2.Cr/c1-27(2,3)21-13-9-11-19(25(21)31)17-29-23-15-7-8-16-24(23)30-18-20-12-10-14-22(26(20)32)28(4,5)6;13-10-6-8-12(9-7-10)14-11-4-2-1-3-5-11;/h9-14,17-18,23-24,31-32H,7-8,15-16H2,1-6H3;1-9,13H;/q;;+2/p-1. The van der Waals surface area contributed by atoms with Crippen LogP contribution in [0, 0.1) is 0 Å². The Morgan fingerprint density at radius 3 is 1.53 bits per heavy atom. The number of benzene rings is 4. The third-order valence-electron chi connectivity index (χ3n) is 8.62. The van der Waals surface area contributed by atoms with Gasteiger partial charge in [0, 0.05) is 0 Å². The Kier molecular flexibility index (Phi) is 10.5. The maximum atomic E-state index is 11.0. The molecule has 2 N–H and O–H groups in total. The number of aromatic hydroxyl groups is 2. The van der Waals surface area contributed by atoms with Gasteiger partial charge in [0.15, 0.2) is 0 Å². The summed E-state index contributed by atoms with van der Waals surface area (Å²) < 4.78 is 10.4. The smallest absolute Gasteiger partial charge is 0.127 e. The quantitative estimate of drug-likeness (QED) is 0.230. The molecule has 0 bridgehead atoms. The van der Waals surface area contributed by atoms with Crippen molar-refractivity contribution in [3.63, 3.8) is 0 Å². The van der Waals surface area contributed by atoms with Crippen LogP contribution in [-0.4, -0.2) is 41.8 Å². The Morgan fingerprint density at radius 1 is 0.638 bits per heavy atom. The summed E-state index contributed by atoms with van der Waals surface area (Å²) in [7, 11) is 0. The van der Waals surface area contributed by atoms with Crippen molar-refractivity contribution in [3.8, 4) is 28.7 Å². The third-order valence-corrected chi connectivity index (χ3v) is 10.4. The number of phenols is 2. The van der Waals surface area contributed by atoms with E-state index in [1.807, 2.05) is 66.7 Å². The van der Waals surface area contributed by atoms with Crippen LogP contribution in [0.5, 0.6) is 28.7 Å². The summed E-state index contributed by atoms with van der Waals surface area (Å²) in [5, 5.41) is 32.9. The Morgan fingerprint density at radius 2 is 1.09 bits per heavy atom. The first kappa shape index (κ1) is 34.3. The van der Waals surface area contributed by atoms with Gasteiger partial charge in [-0.15, -0.1) is 5.75 Å². The third kappa shape index (κ3) is 8.46. The van der Waals surface area contributed by atoms with Gasteiger partial charge in [-0.1, -0.05) is 30.3 Å². The summed E-state index contributed by atoms with van der Waals surface area (Å²) in [6.45, 7) is 12.8. The van der Waals surface area contributed by atoms with Crippen LogP contribution >= 0.6 is 0 Å². The van der Waals surface area contributed by atoms with Crippen LogP contribution in [0.4, 0.5) is 0 Å². The van der Waals surface area contributed by atoms with Gasteiger partial charge in [0.2, 0.25) is 0 Å². The molecular weight excluding hydrogens is 624 g/mol. The van der Waals surface area contributed by atoms with Crippen LogP contribution in [0.25, 0.3) is 0 Å². The molecule has 2 fully saturated rings. The normalized spacial score (nSPS) is 19.6. The number of nitrogens with zero attached hydrogens (tertiary/aromatic N) is 2. The fourth-order valence-corrected chi connectivity index (χ4v) is 8.09. The number of fused-ring (bicyclic) bond motifs is 1. The molecule has 6 nitrogen and oxygen atoms in total. The van der Waals surface area contributed by atoms with E-state index in [1.165, 1.54) is 37.8 Å². The first-order valence-electron chi connectivity index (χ1n) is 16.4. The molecule has 1 saturated heterocycles. The van der Waals surface area contributed by atoms with Gasteiger partial charge in [-0.3, -0.25) is 0 Å². The van der Waals surface area contributed by atoms with E-state index < -0.39 is 0 Å². The molecule has 1 saturated carbocycles. The first-order valence-corrected chi connectivity index (χ1v) is 17.5. The van der Waals surface area contributed by atoms with E-state index in [4.69, 9.17) is 4.74 Å². The van der Waals surface area contributed by atoms with Crippen molar-refractivity contribution < 1.29 is 42.8 Å². The van der Waals surface area contributed by atoms with Crippen LogP contribution in [0.3, 0.4) is 0 Å². The average molecular weight is 672 g/mol. The minimum Gasteiger partial charge on any atom is -0.872 e. The number of para-hydroxylation sites is 3. The van der Waals surface area contributed by atoms with Crippen molar-refractivity contribution in [3.05, 3.63) is 113 Å². The van der Waals surface area contributed by atoms with Crippen LogP contribution in [0.2, 0.25) is 0 Å². The molecule has 47 heavy (non-hydrogen) atoms. The second kappa shape index (κ2) is 14.4. The van der Waals surface area contributed by atoms with Crippen LogP contribution in [0.15, 0.2) is 91.0 Å². The van der Waals surface area contributed by atoms with Gasteiger partial charge in [0.1, 0.15) is 11.5 Å². The SMILES string of the molecule is CC(C)(C)c1cccc(C=[N+]2[Cr][N+](=Cc3cccc(C(C)(C)C)c3O)C3CCCCC32)c1O.[O-]c1ccc(Oc2ccccc2)cc1. The summed E-state index contributed by atoms with van der Waals surface area (Å²) in [5.74, 6) is 2.23. The van der Waals surface area contributed by atoms with Gasteiger partial charge in [-0.2, -0.15) is 0 Å². The van der Waals surface area contributed by atoms with Crippen molar-refractivity contribution in [2.45, 2.75) is 90.1 Å². The second-order valence-corrected chi connectivity index (χ2v) is 15.9. The van der Waals surface area contributed by atoms with Gasteiger partial charge >= 0.3 is 206 Å². The summed E-state index contributed by atoms with van der Waals surface area (Å²) in [4.78, 5) is 0. The van der Waals surface area contributed by atoms with E-state index in [9.17, 15) is 15.3 Å². The number of hydrogen-bond donors (Lipinski definition) is 2. The molecule has 0 spiro atoms. The van der Waals surface area contributed by atoms with Crippen LogP contribution in [0.1, 0.15) is 89.5 Å². The number of ether oxygens (including phenoxy) is 1. The Bertz CT molecular complexity index is 1650. The molecule has 0 amide bonds. The molecule has 1 aliphatic heterocycles. The molecule has 246 valence electrons. The monoisotopic (exact) mass is 671 g/mol. The predicted octanol–water partition coefficient (Wildman–Crippen LogP) is 8.05. The Hall–Kier alpha value is -4.05. The molecule has 1 heterocycles. The maximum absolute atomic E-state index is 11.0. The zero-order chi connectivity index (χ0) is 33.8. The van der Waals surface area contributed by atoms with Gasteiger partial charge in [0.05, 0.1) is 0 Å². The summed E-state index contributed by atoms with van der Waals surface area (Å²) >= 11 is 0.0635. The molecule has 2 unspecified atom stereocenters. The fourth-order valence-electron chi connectivity index (χ4n) is 6.10. The second-order valence-electron chi connectivity index (χ2n) is 14.4. The molecular formula is C40H47CrN2O4+. The van der Waals surface area contributed by atoms with E-state index in [-0.39, 0.29) is 32.2 Å². The van der Waals surface area contributed by atoms with Crippen LogP contribution < -0.4 is 9.84 Å². The molecule has 6 rings (SSSR count). The Balaban J connectivity index is 0.000000257. The first-order chi connectivity index (χ1) is 22.3. The largest absolute Gasteiger partial charge is 0.872 e. The van der Waals surface area contributed by atoms with Crippen molar-refractivity contribution >= 4 is 12.4 Å². The minimum atomic E-state index is -0.104. The topological polar surface area (TPSA) is 78.8 Å². The zero-order valence-electron chi connectivity index (χ0n) is 28.3. The van der Waals surface area contributed by atoms with Gasteiger partial charge in [-0.25, -0.2) is 0 Å². The average Bonchev–Trinajstić information content (AvgIpc) is 3.37. The molecule has 0 radical (unpaired) electrons. The van der Waals surface area contributed by atoms with Crippen molar-refractivity contribution in [1.82, 2.24) is 0 Å². The van der Waals surface area contributed by atoms with E-state index in [1.54, 1.807) is 12.1 Å². The summed E-state index contributed by atoms with van der Waals surface area (Å²) in [6.07, 6.45) is 9.17. The van der Waals surface area contributed by atoms with E-state index in [0.29, 0.717) is 29.3 Å². The summed E-state index contributed by atoms with van der Waals surface area (Å²) in [6, 6.07) is 28.8. The maximum Gasteiger partial charge on any atom is 0.127 e. The van der Waals surface area contributed by atoms with Gasteiger partial charge in [-0.05, 0) is 24.3 Å². The van der Waals surface area contributed by atoms with E-state index in [0.717, 1.165) is 28.0 Å². The molecule has 1 aliphatic carbocycles. The Labute approximate surface area is 286 Å². The number of rotatable bonds is 4. The van der Waals surface area contributed by atoms with Crippen LogP contribution in [-0.2, 0) is 26.5 Å². The molecule has 4 aromatic carbocycles. The molecule has 7 heteroatoms. The number of phenolic OH excluding ortho intramolecular Hbond substituents is 2. The van der Waals surface area contributed by atoms with Gasteiger partial charge in [0.25, 0.3) is 0 Å². The fraction of sp³-hybridized carbons (Fsp3) is 0.350. The van der Waals surface area contributed by atoms with E-state index >= 15 is 0 Å². The zero-order valence-corrected chi connectivity index (χ0v) is 29.6. The van der Waals surface area contributed by atoms with Crippen molar-refractivity contribution in [2.24, 2.45) is 0 Å².